The molecule has 2 fully saturated rings. The molecule has 3 aliphatic carbocycles. The van der Waals surface area contributed by atoms with Gasteiger partial charge in [-0.05, 0) is 68.6 Å². The fraction of sp³-hybridized carbons (Fsp3) is 0.500. The molecule has 2 amide bonds. The highest BCUT2D eigenvalue weighted by Gasteiger charge is 2.61. The summed E-state index contributed by atoms with van der Waals surface area (Å²) in [6, 6.07) is 2.18. The van der Waals surface area contributed by atoms with Crippen LogP contribution in [-0.2, 0) is 14.3 Å². The zero-order chi connectivity index (χ0) is 24.3. The van der Waals surface area contributed by atoms with Crippen LogP contribution >= 0.6 is 0 Å². The zero-order valence-electron chi connectivity index (χ0n) is 20.2. The van der Waals surface area contributed by atoms with E-state index in [1.54, 1.807) is 18.2 Å². The molecule has 2 atom stereocenters. The molecule has 4 aliphatic rings. The molecule has 6 heteroatoms. The lowest BCUT2D eigenvalue weighted by Gasteiger charge is -2.29. The van der Waals surface area contributed by atoms with Gasteiger partial charge in [-0.25, -0.2) is 0 Å². The van der Waals surface area contributed by atoms with Gasteiger partial charge in [0, 0.05) is 40.8 Å². The minimum Gasteiger partial charge on any atom is -0.493 e. The van der Waals surface area contributed by atoms with Crippen molar-refractivity contribution in [1.29, 1.82) is 5.26 Å². The molecule has 4 rings (SSSR count). The quantitative estimate of drug-likeness (QED) is 0.336. The number of nitriles is 1. The van der Waals surface area contributed by atoms with E-state index in [2.05, 4.69) is 22.4 Å². The first-order valence-corrected chi connectivity index (χ1v) is 12.2. The first-order chi connectivity index (χ1) is 16.3. The van der Waals surface area contributed by atoms with Crippen molar-refractivity contribution in [3.05, 3.63) is 64.3 Å². The molecule has 1 aliphatic heterocycles. The van der Waals surface area contributed by atoms with Crippen LogP contribution in [0.4, 0.5) is 0 Å². The Labute approximate surface area is 201 Å². The highest BCUT2D eigenvalue weighted by atomic mass is 16.5. The second-order valence-corrected chi connectivity index (χ2v) is 10.1. The summed E-state index contributed by atoms with van der Waals surface area (Å²) < 4.78 is 5.91. The average Bonchev–Trinajstić information content (AvgIpc) is 3.69. The second kappa shape index (κ2) is 9.91. The molecule has 0 saturated heterocycles. The molecule has 1 spiro atoms. The van der Waals surface area contributed by atoms with Gasteiger partial charge in [-0.3, -0.25) is 9.59 Å². The zero-order valence-corrected chi connectivity index (χ0v) is 20.2. The summed E-state index contributed by atoms with van der Waals surface area (Å²) in [5, 5.41) is 15.3. The highest BCUT2D eigenvalue weighted by Crippen LogP contribution is 2.63. The van der Waals surface area contributed by atoms with Gasteiger partial charge in [0.05, 0.1) is 12.7 Å². The predicted molar refractivity (Wildman–Crippen MR) is 130 cm³/mol. The van der Waals surface area contributed by atoms with Gasteiger partial charge in [-0.1, -0.05) is 26.0 Å². The number of hydrogen-bond acceptors (Lipinski definition) is 4. The standard InChI is InChI=1S/C28H33N3O3/c1-18(2)13-21(16-29)14-19(3)31-27(33)24-15-28(24)11-12-34-25-6-4-5-22(9-10-23(25)28)26(32)30-17-20-7-8-20/h5-6,9,13-14,18,20,24H,7-8,10-12,15,17H2,1-3H3,(H,30,32)(H,31,33)/b19-14+,21-13+,22-9+. The van der Waals surface area contributed by atoms with Crippen LogP contribution in [0.3, 0.4) is 0 Å². The summed E-state index contributed by atoms with van der Waals surface area (Å²) in [5.74, 6) is 1.39. The van der Waals surface area contributed by atoms with Gasteiger partial charge in [0.2, 0.25) is 5.91 Å². The van der Waals surface area contributed by atoms with Crippen LogP contribution in [0.5, 0.6) is 0 Å². The minimum absolute atomic E-state index is 0.0303. The lowest BCUT2D eigenvalue weighted by atomic mass is 9.83. The topological polar surface area (TPSA) is 91.2 Å². The number of nitrogens with one attached hydrogen (secondary N) is 2. The van der Waals surface area contributed by atoms with Crippen LogP contribution in [0.25, 0.3) is 0 Å². The second-order valence-electron chi connectivity index (χ2n) is 10.1. The molecule has 0 radical (unpaired) electrons. The molecule has 2 N–H and O–H groups in total. The minimum atomic E-state index is -0.245. The number of rotatable bonds is 7. The number of hydrogen-bond donors (Lipinski definition) is 2. The Morgan fingerprint density at radius 2 is 2.15 bits per heavy atom. The van der Waals surface area contributed by atoms with E-state index in [1.807, 2.05) is 32.9 Å². The molecular formula is C28H33N3O3. The van der Waals surface area contributed by atoms with E-state index in [0.717, 1.165) is 30.7 Å². The summed E-state index contributed by atoms with van der Waals surface area (Å²) in [5.41, 5.74) is 5.74. The highest BCUT2D eigenvalue weighted by molar-refractivity contribution is 5.96. The average molecular weight is 460 g/mol. The molecule has 0 aromatic rings. The van der Waals surface area contributed by atoms with Gasteiger partial charge in [0.1, 0.15) is 5.76 Å². The summed E-state index contributed by atoms with van der Waals surface area (Å²) in [4.78, 5) is 25.7. The van der Waals surface area contributed by atoms with Crippen LogP contribution in [0.1, 0.15) is 52.9 Å². The lowest BCUT2D eigenvalue weighted by molar-refractivity contribution is -0.122. The van der Waals surface area contributed by atoms with Gasteiger partial charge >= 0.3 is 0 Å². The number of ether oxygens (including phenoxy) is 1. The molecule has 6 nitrogen and oxygen atoms in total. The molecule has 0 bridgehead atoms. The Morgan fingerprint density at radius 3 is 2.85 bits per heavy atom. The number of allylic oxidation sites excluding steroid dienone is 7. The monoisotopic (exact) mass is 459 g/mol. The third-order valence-corrected chi connectivity index (χ3v) is 6.92. The van der Waals surface area contributed by atoms with Gasteiger partial charge < -0.3 is 15.4 Å². The van der Waals surface area contributed by atoms with Crippen molar-refractivity contribution in [3.63, 3.8) is 0 Å². The molecule has 0 aromatic carbocycles. The first-order valence-electron chi connectivity index (χ1n) is 12.2. The van der Waals surface area contributed by atoms with E-state index >= 15 is 0 Å². The molecule has 2 saturated carbocycles. The van der Waals surface area contributed by atoms with Crippen molar-refractivity contribution in [1.82, 2.24) is 10.6 Å². The van der Waals surface area contributed by atoms with Crippen LogP contribution in [0.15, 0.2) is 64.3 Å². The SMILES string of the molecule is C/C(=C\C(C#N)=C/C(C)C)NC(=O)C1CC12CCOC1=C2C/C=C(/C(=O)NCC2CC2)C=C=C1. The van der Waals surface area contributed by atoms with Gasteiger partial charge in [-0.2, -0.15) is 5.26 Å². The third kappa shape index (κ3) is 5.43. The number of fused-ring (bicyclic) bond motifs is 1. The number of carbonyl (C=O) groups excluding carboxylic acids is 2. The van der Waals surface area contributed by atoms with Crippen molar-refractivity contribution in [2.24, 2.45) is 23.2 Å². The van der Waals surface area contributed by atoms with Crippen LogP contribution in [0.2, 0.25) is 0 Å². The predicted octanol–water partition coefficient (Wildman–Crippen LogP) is 4.36. The van der Waals surface area contributed by atoms with Crippen LogP contribution in [-0.4, -0.2) is 25.0 Å². The van der Waals surface area contributed by atoms with E-state index in [9.17, 15) is 14.9 Å². The molecule has 0 aromatic heterocycles. The molecule has 1 heterocycles. The summed E-state index contributed by atoms with van der Waals surface area (Å²) in [6.07, 6.45) is 13.5. The Balaban J connectivity index is 1.47. The number of nitrogens with zero attached hydrogens (tertiary/aromatic N) is 1. The first kappa shape index (κ1) is 23.9. The van der Waals surface area contributed by atoms with Crippen molar-refractivity contribution >= 4 is 11.8 Å². The molecule has 2 unspecified atom stereocenters. The van der Waals surface area contributed by atoms with Crippen LogP contribution < -0.4 is 10.6 Å². The van der Waals surface area contributed by atoms with Gasteiger partial charge in [0.25, 0.3) is 5.91 Å². The van der Waals surface area contributed by atoms with Crippen molar-refractivity contribution < 1.29 is 14.3 Å². The smallest absolute Gasteiger partial charge is 0.251 e. The van der Waals surface area contributed by atoms with Crippen molar-refractivity contribution in [2.45, 2.75) is 52.9 Å². The Kier molecular flexibility index (Phi) is 6.95. The maximum Gasteiger partial charge on any atom is 0.251 e. The number of carbonyl (C=O) groups is 2. The normalized spacial score (nSPS) is 27.7. The molecule has 178 valence electrons. The van der Waals surface area contributed by atoms with Crippen LogP contribution in [0, 0.1) is 34.5 Å². The summed E-state index contributed by atoms with van der Waals surface area (Å²) >= 11 is 0. The maximum atomic E-state index is 13.1. The molecular weight excluding hydrogens is 426 g/mol. The summed E-state index contributed by atoms with van der Waals surface area (Å²) in [7, 11) is 0. The van der Waals surface area contributed by atoms with Gasteiger partial charge in [0.15, 0.2) is 0 Å². The van der Waals surface area contributed by atoms with E-state index in [-0.39, 0.29) is 29.1 Å². The molecule has 34 heavy (non-hydrogen) atoms. The van der Waals surface area contributed by atoms with E-state index in [0.29, 0.717) is 35.8 Å². The van der Waals surface area contributed by atoms with E-state index < -0.39 is 0 Å². The van der Waals surface area contributed by atoms with Crippen molar-refractivity contribution in [3.8, 4) is 6.07 Å². The summed E-state index contributed by atoms with van der Waals surface area (Å²) in [6.45, 7) is 7.12. The lowest BCUT2D eigenvalue weighted by Crippen LogP contribution is -2.29. The largest absolute Gasteiger partial charge is 0.493 e. The fourth-order valence-corrected chi connectivity index (χ4v) is 4.84. The third-order valence-electron chi connectivity index (χ3n) is 6.92. The fourth-order valence-electron chi connectivity index (χ4n) is 4.84. The number of amides is 2. The van der Waals surface area contributed by atoms with Gasteiger partial charge in [-0.15, -0.1) is 5.73 Å². The Hall–Kier alpha value is -3.29. The van der Waals surface area contributed by atoms with Crippen molar-refractivity contribution in [2.75, 3.05) is 13.2 Å². The van der Waals surface area contributed by atoms with E-state index in [1.165, 1.54) is 12.8 Å². The maximum absolute atomic E-state index is 13.1. The Bertz CT molecular complexity index is 1100. The van der Waals surface area contributed by atoms with E-state index in [4.69, 9.17) is 4.74 Å². The Morgan fingerprint density at radius 1 is 1.35 bits per heavy atom.